The Kier molecular flexibility index (Phi) is 6.05. The van der Waals surface area contributed by atoms with E-state index in [2.05, 4.69) is 42.4 Å². The molecule has 2 N–H and O–H groups in total. The second-order valence-corrected chi connectivity index (χ2v) is 7.61. The number of nitrogens with one attached hydrogen (secondary N) is 1. The summed E-state index contributed by atoms with van der Waals surface area (Å²) < 4.78 is 1.35. The highest BCUT2D eigenvalue weighted by atomic mass is 79.9. The third-order valence-corrected chi connectivity index (χ3v) is 5.14. The standard InChI is InChI=1S/C19H13Br2N3O4/c20-13-7-12(19(26)17(9-13)24(27)28)10-22-23-18(25)8-11-5-6-16(21)15-4-2-1-3-14(11)15/h1-7,9-10,26H,8H2,(H,23,25). The van der Waals surface area contributed by atoms with Gasteiger partial charge in [-0.15, -0.1) is 0 Å². The average molecular weight is 507 g/mol. The number of carbonyl (C=O) groups is 1. The van der Waals surface area contributed by atoms with Gasteiger partial charge in [0.05, 0.1) is 17.6 Å². The van der Waals surface area contributed by atoms with Gasteiger partial charge in [0.15, 0.2) is 0 Å². The number of carbonyl (C=O) groups excluding carboxylic acids is 1. The molecule has 0 atom stereocenters. The van der Waals surface area contributed by atoms with Gasteiger partial charge in [-0.3, -0.25) is 14.9 Å². The molecule has 0 radical (unpaired) electrons. The Balaban J connectivity index is 1.75. The number of halogens is 2. The largest absolute Gasteiger partial charge is 0.502 e. The fourth-order valence-electron chi connectivity index (χ4n) is 2.71. The molecule has 3 rings (SSSR count). The number of aromatic hydroxyl groups is 1. The summed E-state index contributed by atoms with van der Waals surface area (Å²) in [5.74, 6) is -0.877. The van der Waals surface area contributed by atoms with Crippen LogP contribution < -0.4 is 5.43 Å². The van der Waals surface area contributed by atoms with Crippen molar-refractivity contribution in [1.29, 1.82) is 0 Å². The number of phenolic OH excluding ortho intramolecular Hbond substituents is 1. The highest BCUT2D eigenvalue weighted by Gasteiger charge is 2.17. The molecular weight excluding hydrogens is 494 g/mol. The van der Waals surface area contributed by atoms with E-state index in [1.807, 2.05) is 36.4 Å². The average Bonchev–Trinajstić information content (AvgIpc) is 2.66. The highest BCUT2D eigenvalue weighted by Crippen LogP contribution is 2.32. The minimum absolute atomic E-state index is 0.107. The molecule has 0 bridgehead atoms. The summed E-state index contributed by atoms with van der Waals surface area (Å²) in [5, 5.41) is 26.7. The van der Waals surface area contributed by atoms with Crippen LogP contribution in [0.1, 0.15) is 11.1 Å². The predicted octanol–water partition coefficient (Wildman–Crippen LogP) is 4.67. The first-order valence-electron chi connectivity index (χ1n) is 8.01. The van der Waals surface area contributed by atoms with E-state index in [4.69, 9.17) is 0 Å². The lowest BCUT2D eigenvalue weighted by Gasteiger charge is -2.07. The van der Waals surface area contributed by atoms with Crippen molar-refractivity contribution >= 4 is 60.4 Å². The van der Waals surface area contributed by atoms with Crippen LogP contribution in [-0.2, 0) is 11.2 Å². The molecule has 0 spiro atoms. The van der Waals surface area contributed by atoms with Crippen LogP contribution in [0.3, 0.4) is 0 Å². The smallest absolute Gasteiger partial charge is 0.312 e. The summed E-state index contributed by atoms with van der Waals surface area (Å²) in [6.45, 7) is 0. The van der Waals surface area contributed by atoms with Gasteiger partial charge in [-0.1, -0.05) is 62.2 Å². The lowest BCUT2D eigenvalue weighted by atomic mass is 10.0. The van der Waals surface area contributed by atoms with Gasteiger partial charge in [0, 0.05) is 20.6 Å². The molecule has 0 unspecified atom stereocenters. The molecule has 0 aromatic heterocycles. The van der Waals surface area contributed by atoms with E-state index in [0.717, 1.165) is 27.0 Å². The summed E-state index contributed by atoms with van der Waals surface area (Å²) in [7, 11) is 0. The lowest BCUT2D eigenvalue weighted by molar-refractivity contribution is -0.385. The van der Waals surface area contributed by atoms with Crippen LogP contribution in [-0.4, -0.2) is 22.2 Å². The summed E-state index contributed by atoms with van der Waals surface area (Å²) in [6.07, 6.45) is 1.26. The van der Waals surface area contributed by atoms with E-state index >= 15 is 0 Å². The number of hydrogen-bond acceptors (Lipinski definition) is 5. The molecular formula is C19H13Br2N3O4. The summed E-state index contributed by atoms with van der Waals surface area (Å²) in [4.78, 5) is 22.5. The molecule has 0 saturated carbocycles. The first-order chi connectivity index (χ1) is 13.4. The van der Waals surface area contributed by atoms with Crippen molar-refractivity contribution < 1.29 is 14.8 Å². The number of hydrogen-bond donors (Lipinski definition) is 2. The molecule has 0 saturated heterocycles. The molecule has 9 heteroatoms. The van der Waals surface area contributed by atoms with Crippen molar-refractivity contribution in [2.24, 2.45) is 5.10 Å². The van der Waals surface area contributed by atoms with E-state index in [1.54, 1.807) is 0 Å². The van der Waals surface area contributed by atoms with Gasteiger partial charge < -0.3 is 5.11 Å². The van der Waals surface area contributed by atoms with Gasteiger partial charge >= 0.3 is 5.69 Å². The van der Waals surface area contributed by atoms with E-state index in [9.17, 15) is 20.0 Å². The van der Waals surface area contributed by atoms with Gasteiger partial charge in [0.2, 0.25) is 11.7 Å². The van der Waals surface area contributed by atoms with Crippen LogP contribution in [0.15, 0.2) is 62.6 Å². The van der Waals surface area contributed by atoms with Gasteiger partial charge in [-0.05, 0) is 28.5 Å². The van der Waals surface area contributed by atoms with E-state index in [-0.39, 0.29) is 17.9 Å². The zero-order chi connectivity index (χ0) is 20.3. The molecule has 28 heavy (non-hydrogen) atoms. The van der Waals surface area contributed by atoms with Crippen molar-refractivity contribution in [3.63, 3.8) is 0 Å². The van der Waals surface area contributed by atoms with E-state index < -0.39 is 16.4 Å². The van der Waals surface area contributed by atoms with Crippen LogP contribution in [0.25, 0.3) is 10.8 Å². The first kappa shape index (κ1) is 20.0. The SMILES string of the molecule is O=C(Cc1ccc(Br)c2ccccc12)NN=Cc1cc(Br)cc([N+](=O)[O-])c1O. The Hall–Kier alpha value is -2.78. The van der Waals surface area contributed by atoms with Crippen molar-refractivity contribution in [2.45, 2.75) is 6.42 Å². The van der Waals surface area contributed by atoms with Gasteiger partial charge in [0.1, 0.15) is 0 Å². The predicted molar refractivity (Wildman–Crippen MR) is 114 cm³/mol. The minimum atomic E-state index is -0.700. The highest BCUT2D eigenvalue weighted by molar-refractivity contribution is 9.11. The fraction of sp³-hybridized carbons (Fsp3) is 0.0526. The molecule has 0 aliphatic heterocycles. The third kappa shape index (κ3) is 4.37. The summed E-state index contributed by atoms with van der Waals surface area (Å²) >= 11 is 6.64. The van der Waals surface area contributed by atoms with Crippen LogP contribution in [0, 0.1) is 10.1 Å². The van der Waals surface area contributed by atoms with Crippen LogP contribution in [0.4, 0.5) is 5.69 Å². The lowest BCUT2D eigenvalue weighted by Crippen LogP contribution is -2.20. The molecule has 142 valence electrons. The van der Waals surface area contributed by atoms with E-state index in [0.29, 0.717) is 4.47 Å². The van der Waals surface area contributed by atoms with Gasteiger partial charge in [-0.2, -0.15) is 5.10 Å². The normalized spacial score (nSPS) is 11.1. The molecule has 0 aliphatic rings. The van der Waals surface area contributed by atoms with Crippen molar-refractivity contribution in [3.05, 3.63) is 78.7 Å². The number of nitro benzene ring substituents is 1. The molecule has 3 aromatic carbocycles. The molecule has 7 nitrogen and oxygen atoms in total. The summed E-state index contributed by atoms with van der Waals surface area (Å²) in [5.41, 5.74) is 2.87. The van der Waals surface area contributed by atoms with Crippen LogP contribution >= 0.6 is 31.9 Å². The molecule has 0 aliphatic carbocycles. The number of nitrogens with zero attached hydrogens (tertiary/aromatic N) is 2. The molecule has 1 amide bonds. The second-order valence-electron chi connectivity index (χ2n) is 5.84. The van der Waals surface area contributed by atoms with E-state index in [1.165, 1.54) is 12.1 Å². The molecule has 0 fully saturated rings. The Morgan fingerprint density at radius 3 is 2.61 bits per heavy atom. The zero-order valence-electron chi connectivity index (χ0n) is 14.2. The Labute approximate surface area is 176 Å². The zero-order valence-corrected chi connectivity index (χ0v) is 17.4. The maximum atomic E-state index is 12.2. The van der Waals surface area contributed by atoms with Crippen molar-refractivity contribution in [3.8, 4) is 5.75 Å². The number of rotatable bonds is 5. The number of nitro groups is 1. The Morgan fingerprint density at radius 2 is 1.89 bits per heavy atom. The minimum Gasteiger partial charge on any atom is -0.502 e. The first-order valence-corrected chi connectivity index (χ1v) is 9.60. The van der Waals surface area contributed by atoms with Crippen molar-refractivity contribution in [2.75, 3.05) is 0 Å². The quantitative estimate of drug-likeness (QED) is 0.298. The van der Waals surface area contributed by atoms with Crippen molar-refractivity contribution in [1.82, 2.24) is 5.43 Å². The maximum absolute atomic E-state index is 12.2. The molecule has 0 heterocycles. The Bertz CT molecular complexity index is 1120. The van der Waals surface area contributed by atoms with Crippen LogP contribution in [0.2, 0.25) is 0 Å². The monoisotopic (exact) mass is 505 g/mol. The number of benzene rings is 3. The fourth-order valence-corrected chi connectivity index (χ4v) is 3.65. The number of fused-ring (bicyclic) bond motifs is 1. The number of amides is 1. The van der Waals surface area contributed by atoms with Crippen LogP contribution in [0.5, 0.6) is 5.75 Å². The third-order valence-electron chi connectivity index (χ3n) is 3.99. The Morgan fingerprint density at radius 1 is 1.18 bits per heavy atom. The second kappa shape index (κ2) is 8.49. The maximum Gasteiger partial charge on any atom is 0.312 e. The van der Waals surface area contributed by atoms with Gasteiger partial charge in [0.25, 0.3) is 0 Å². The number of hydrazone groups is 1. The summed E-state index contributed by atoms with van der Waals surface area (Å²) in [6, 6.07) is 14.1. The van der Waals surface area contributed by atoms with Gasteiger partial charge in [-0.25, -0.2) is 5.43 Å². The number of phenols is 1. The topological polar surface area (TPSA) is 105 Å². The molecule has 3 aromatic rings.